The van der Waals surface area contributed by atoms with E-state index in [1.165, 1.54) is 13.2 Å². The first kappa shape index (κ1) is 15.4. The molecule has 0 aliphatic carbocycles. The van der Waals surface area contributed by atoms with Crippen LogP contribution in [0, 0.1) is 0 Å². The third kappa shape index (κ3) is 2.51. The van der Waals surface area contributed by atoms with Crippen molar-refractivity contribution in [3.05, 3.63) is 35.4 Å². The summed E-state index contributed by atoms with van der Waals surface area (Å²) in [5.74, 6) is 0.117. The van der Waals surface area contributed by atoms with Crippen molar-refractivity contribution in [1.29, 1.82) is 0 Å². The first-order valence-electron chi connectivity index (χ1n) is 6.92. The standard InChI is InChI=1S/C15H15F3O3S/c1-21-12-5-9(4-11(8-12)15(16,17)18)10-6-13-2-3-14(7-10)22(13,19)20/h4-6,8,13-14H,2-3,7H2,1H3. The molecule has 0 N–H and O–H groups in total. The smallest absolute Gasteiger partial charge is 0.416 e. The van der Waals surface area contributed by atoms with Crippen LogP contribution in [0.1, 0.15) is 30.4 Å². The number of ether oxygens (including phenoxy) is 1. The molecule has 2 aliphatic heterocycles. The van der Waals surface area contributed by atoms with E-state index >= 15 is 0 Å². The maximum Gasteiger partial charge on any atom is 0.416 e. The number of alkyl halides is 3. The number of benzene rings is 1. The van der Waals surface area contributed by atoms with Crippen LogP contribution in [0.15, 0.2) is 24.3 Å². The van der Waals surface area contributed by atoms with Gasteiger partial charge in [-0.2, -0.15) is 13.2 Å². The Kier molecular flexibility index (Phi) is 3.51. The minimum absolute atomic E-state index is 0.117. The average molecular weight is 332 g/mol. The third-order valence-electron chi connectivity index (χ3n) is 4.33. The van der Waals surface area contributed by atoms with Crippen LogP contribution >= 0.6 is 0 Å². The van der Waals surface area contributed by atoms with E-state index < -0.39 is 32.1 Å². The number of halogens is 3. The van der Waals surface area contributed by atoms with E-state index in [4.69, 9.17) is 4.74 Å². The summed E-state index contributed by atoms with van der Waals surface area (Å²) in [6, 6.07) is 3.53. The highest BCUT2D eigenvalue weighted by molar-refractivity contribution is 7.93. The Morgan fingerprint density at radius 1 is 1.18 bits per heavy atom. The first-order chi connectivity index (χ1) is 10.2. The van der Waals surface area contributed by atoms with Gasteiger partial charge in [0.2, 0.25) is 0 Å². The summed E-state index contributed by atoms with van der Waals surface area (Å²) in [4.78, 5) is 0. The topological polar surface area (TPSA) is 43.4 Å². The fourth-order valence-electron chi connectivity index (χ4n) is 3.14. The number of allylic oxidation sites excluding steroid dienone is 1. The fraction of sp³-hybridized carbons (Fsp3) is 0.467. The largest absolute Gasteiger partial charge is 0.497 e. The van der Waals surface area contributed by atoms with Gasteiger partial charge in [0.05, 0.1) is 23.2 Å². The van der Waals surface area contributed by atoms with Gasteiger partial charge in [0.15, 0.2) is 9.84 Å². The lowest BCUT2D eigenvalue weighted by atomic mass is 9.98. The zero-order chi connectivity index (χ0) is 16.1. The molecule has 0 spiro atoms. The molecule has 2 bridgehead atoms. The van der Waals surface area contributed by atoms with Crippen molar-refractivity contribution in [3.63, 3.8) is 0 Å². The Labute approximate surface area is 126 Å². The van der Waals surface area contributed by atoms with Crippen molar-refractivity contribution < 1.29 is 26.3 Å². The Morgan fingerprint density at radius 3 is 2.50 bits per heavy atom. The van der Waals surface area contributed by atoms with Crippen LogP contribution in [0.3, 0.4) is 0 Å². The van der Waals surface area contributed by atoms with Crippen LogP contribution in [0.4, 0.5) is 13.2 Å². The summed E-state index contributed by atoms with van der Waals surface area (Å²) in [5.41, 5.74) is 0.258. The third-order valence-corrected chi connectivity index (χ3v) is 6.88. The van der Waals surface area contributed by atoms with Gasteiger partial charge in [-0.15, -0.1) is 0 Å². The zero-order valence-corrected chi connectivity index (χ0v) is 12.7. The highest BCUT2D eigenvalue weighted by Crippen LogP contribution is 2.42. The van der Waals surface area contributed by atoms with E-state index in [9.17, 15) is 21.6 Å². The minimum Gasteiger partial charge on any atom is -0.497 e. The SMILES string of the molecule is COc1cc(C2=CC3CCC(C2)S3(=O)=O)cc(C(F)(F)F)c1. The lowest BCUT2D eigenvalue weighted by Gasteiger charge is -2.21. The van der Waals surface area contributed by atoms with Crippen molar-refractivity contribution >= 4 is 15.4 Å². The predicted molar refractivity (Wildman–Crippen MR) is 76.3 cm³/mol. The number of methoxy groups -OCH3 is 1. The molecule has 120 valence electrons. The van der Waals surface area contributed by atoms with Crippen molar-refractivity contribution in [2.24, 2.45) is 0 Å². The van der Waals surface area contributed by atoms with Gasteiger partial charge in [-0.05, 0) is 48.6 Å². The summed E-state index contributed by atoms with van der Waals surface area (Å²) < 4.78 is 68.0. The number of hydrogen-bond donors (Lipinski definition) is 0. The van der Waals surface area contributed by atoms with Crippen LogP contribution in [-0.2, 0) is 16.0 Å². The van der Waals surface area contributed by atoms with Crippen LogP contribution < -0.4 is 4.74 Å². The molecule has 22 heavy (non-hydrogen) atoms. The Balaban J connectivity index is 2.06. The van der Waals surface area contributed by atoms with Gasteiger partial charge in [-0.25, -0.2) is 8.42 Å². The maximum atomic E-state index is 13.0. The molecule has 3 rings (SSSR count). The molecule has 2 heterocycles. The van der Waals surface area contributed by atoms with E-state index in [1.807, 2.05) is 0 Å². The monoisotopic (exact) mass is 332 g/mol. The second-order valence-corrected chi connectivity index (χ2v) is 8.12. The molecule has 0 saturated carbocycles. The molecule has 0 amide bonds. The van der Waals surface area contributed by atoms with E-state index in [2.05, 4.69) is 0 Å². The van der Waals surface area contributed by atoms with Crippen molar-refractivity contribution in [1.82, 2.24) is 0 Å². The summed E-state index contributed by atoms with van der Waals surface area (Å²) in [7, 11) is -1.85. The van der Waals surface area contributed by atoms with Crippen molar-refractivity contribution in [2.75, 3.05) is 7.11 Å². The van der Waals surface area contributed by atoms with Crippen molar-refractivity contribution in [3.8, 4) is 5.75 Å². The number of fused-ring (bicyclic) bond motifs is 2. The molecular weight excluding hydrogens is 317 g/mol. The van der Waals surface area contributed by atoms with Gasteiger partial charge in [-0.3, -0.25) is 0 Å². The normalized spacial score (nSPS) is 26.6. The minimum atomic E-state index is -4.47. The molecule has 1 aromatic rings. The van der Waals surface area contributed by atoms with Crippen LogP contribution in [-0.4, -0.2) is 26.0 Å². The zero-order valence-electron chi connectivity index (χ0n) is 11.9. The van der Waals surface area contributed by atoms with E-state index in [1.54, 1.807) is 6.08 Å². The van der Waals surface area contributed by atoms with Gasteiger partial charge in [0.1, 0.15) is 5.75 Å². The van der Waals surface area contributed by atoms with Crippen LogP contribution in [0.2, 0.25) is 0 Å². The summed E-state index contributed by atoms with van der Waals surface area (Å²) in [6.45, 7) is 0. The van der Waals surface area contributed by atoms with Gasteiger partial charge >= 0.3 is 6.18 Å². The van der Waals surface area contributed by atoms with Gasteiger partial charge in [0, 0.05) is 0 Å². The van der Waals surface area contributed by atoms with Crippen LogP contribution in [0.25, 0.3) is 5.57 Å². The van der Waals surface area contributed by atoms with E-state index in [0.717, 1.165) is 12.1 Å². The highest BCUT2D eigenvalue weighted by Gasteiger charge is 2.43. The highest BCUT2D eigenvalue weighted by atomic mass is 32.2. The second-order valence-electron chi connectivity index (χ2n) is 5.67. The molecular formula is C15H15F3O3S. The molecule has 3 nitrogen and oxygen atoms in total. The number of hydrogen-bond acceptors (Lipinski definition) is 3. The first-order valence-corrected chi connectivity index (χ1v) is 8.53. The molecule has 0 aromatic heterocycles. The lowest BCUT2D eigenvalue weighted by molar-refractivity contribution is -0.137. The molecule has 2 atom stereocenters. The molecule has 2 unspecified atom stereocenters. The van der Waals surface area contributed by atoms with Crippen molar-refractivity contribution in [2.45, 2.75) is 35.9 Å². The van der Waals surface area contributed by atoms with Crippen LogP contribution in [0.5, 0.6) is 5.75 Å². The van der Waals surface area contributed by atoms with Gasteiger partial charge < -0.3 is 4.74 Å². The van der Waals surface area contributed by atoms with E-state index in [-0.39, 0.29) is 12.2 Å². The number of rotatable bonds is 2. The summed E-state index contributed by atoms with van der Waals surface area (Å²) >= 11 is 0. The predicted octanol–water partition coefficient (Wildman–Crippen LogP) is 3.45. The summed E-state index contributed by atoms with van der Waals surface area (Å²) in [6.07, 6.45) is -1.48. The quantitative estimate of drug-likeness (QED) is 0.833. The Hall–Kier alpha value is -1.50. The molecule has 1 saturated heterocycles. The molecule has 2 aliphatic rings. The van der Waals surface area contributed by atoms with Gasteiger partial charge in [0.25, 0.3) is 0 Å². The molecule has 7 heteroatoms. The maximum absolute atomic E-state index is 13.0. The Morgan fingerprint density at radius 2 is 1.91 bits per heavy atom. The van der Waals surface area contributed by atoms with E-state index in [0.29, 0.717) is 24.0 Å². The average Bonchev–Trinajstić information content (AvgIpc) is 2.66. The molecule has 0 radical (unpaired) electrons. The lowest BCUT2D eigenvalue weighted by Crippen LogP contribution is -2.26. The van der Waals surface area contributed by atoms with Gasteiger partial charge in [-0.1, -0.05) is 6.08 Å². The fourth-order valence-corrected chi connectivity index (χ4v) is 5.33. The second kappa shape index (κ2) is 5.01. The summed E-state index contributed by atoms with van der Waals surface area (Å²) in [5, 5.41) is -1.04. The number of sulfone groups is 1. The molecule has 1 fully saturated rings. The Bertz CT molecular complexity index is 735. The molecule has 1 aromatic carbocycles.